The van der Waals surface area contributed by atoms with Gasteiger partial charge in [-0.25, -0.2) is 0 Å². The van der Waals surface area contributed by atoms with Crippen molar-refractivity contribution < 1.29 is 4.74 Å². The molecule has 0 saturated heterocycles. The molecule has 0 unspecified atom stereocenters. The highest BCUT2D eigenvalue weighted by Crippen LogP contribution is 2.14. The molecule has 0 bridgehead atoms. The average Bonchev–Trinajstić information content (AvgIpc) is 2.04. The van der Waals surface area contributed by atoms with Crippen molar-refractivity contribution >= 4 is 0 Å². The van der Waals surface area contributed by atoms with Gasteiger partial charge in [-0.2, -0.15) is 0 Å². The van der Waals surface area contributed by atoms with Gasteiger partial charge in [0, 0.05) is 18.5 Å². The maximum Gasteiger partial charge on any atom is 0.0656 e. The number of aromatic nitrogens is 1. The summed E-state index contributed by atoms with van der Waals surface area (Å²) < 4.78 is 4.99. The molecular weight excluding hydrogens is 164 g/mol. The van der Waals surface area contributed by atoms with E-state index in [1.807, 2.05) is 26.0 Å². The van der Waals surface area contributed by atoms with E-state index in [1.54, 1.807) is 7.11 Å². The number of hydrogen-bond donors (Lipinski definition) is 1. The van der Waals surface area contributed by atoms with Gasteiger partial charge in [0.25, 0.3) is 0 Å². The van der Waals surface area contributed by atoms with Crippen LogP contribution in [0, 0.1) is 13.8 Å². The van der Waals surface area contributed by atoms with Gasteiger partial charge in [-0.1, -0.05) is 6.07 Å². The zero-order valence-corrected chi connectivity index (χ0v) is 8.37. The fourth-order valence-electron chi connectivity index (χ4n) is 1.36. The summed E-state index contributed by atoms with van der Waals surface area (Å²) in [5.74, 6) is 0. The molecule has 1 heterocycles. The van der Waals surface area contributed by atoms with Crippen LogP contribution in [0.2, 0.25) is 0 Å². The Hall–Kier alpha value is -0.930. The normalized spacial score (nSPS) is 12.9. The molecule has 3 nitrogen and oxygen atoms in total. The molecule has 0 amide bonds. The Morgan fingerprint density at radius 3 is 2.69 bits per heavy atom. The molecule has 0 aliphatic heterocycles. The fourth-order valence-corrected chi connectivity index (χ4v) is 1.36. The molecule has 0 aliphatic carbocycles. The minimum absolute atomic E-state index is 0.0712. The Morgan fingerprint density at radius 2 is 2.15 bits per heavy atom. The van der Waals surface area contributed by atoms with Crippen LogP contribution in [-0.4, -0.2) is 18.7 Å². The van der Waals surface area contributed by atoms with E-state index in [4.69, 9.17) is 10.5 Å². The fraction of sp³-hybridized carbons (Fsp3) is 0.500. The molecular formula is C10H16N2O. The molecule has 0 fully saturated rings. The Balaban J connectivity index is 2.88. The molecule has 1 rings (SSSR count). The first-order chi connectivity index (χ1) is 6.15. The van der Waals surface area contributed by atoms with Crippen molar-refractivity contribution in [2.24, 2.45) is 5.73 Å². The third-order valence-corrected chi connectivity index (χ3v) is 2.01. The van der Waals surface area contributed by atoms with E-state index < -0.39 is 0 Å². The van der Waals surface area contributed by atoms with E-state index in [1.165, 1.54) is 0 Å². The summed E-state index contributed by atoms with van der Waals surface area (Å²) >= 11 is 0. The maximum atomic E-state index is 5.89. The summed E-state index contributed by atoms with van der Waals surface area (Å²) in [6.45, 7) is 4.47. The summed E-state index contributed by atoms with van der Waals surface area (Å²) in [7, 11) is 1.65. The predicted molar refractivity (Wildman–Crippen MR) is 52.5 cm³/mol. The second-order valence-corrected chi connectivity index (χ2v) is 3.19. The van der Waals surface area contributed by atoms with E-state index >= 15 is 0 Å². The second-order valence-electron chi connectivity index (χ2n) is 3.19. The summed E-state index contributed by atoms with van der Waals surface area (Å²) in [4.78, 5) is 4.34. The number of nitrogens with zero attached hydrogens (tertiary/aromatic N) is 1. The topological polar surface area (TPSA) is 48.1 Å². The second kappa shape index (κ2) is 4.35. The standard InChI is InChI=1S/C10H16N2O/c1-7-4-5-9(8(2)12-7)10(11)6-13-3/h4-5,10H,6,11H2,1-3H3/t10-/m0/s1. The van der Waals surface area contributed by atoms with E-state index in [2.05, 4.69) is 4.98 Å². The van der Waals surface area contributed by atoms with Gasteiger partial charge in [0.1, 0.15) is 0 Å². The molecule has 1 aromatic rings. The SMILES string of the molecule is COC[C@H](N)c1ccc(C)nc1C. The lowest BCUT2D eigenvalue weighted by atomic mass is 10.1. The highest BCUT2D eigenvalue weighted by molar-refractivity contribution is 5.24. The first kappa shape index (κ1) is 10.2. The van der Waals surface area contributed by atoms with Gasteiger partial charge in [0.2, 0.25) is 0 Å². The maximum absolute atomic E-state index is 5.89. The van der Waals surface area contributed by atoms with Crippen LogP contribution in [-0.2, 0) is 4.74 Å². The van der Waals surface area contributed by atoms with Crippen molar-refractivity contribution in [2.45, 2.75) is 19.9 Å². The largest absolute Gasteiger partial charge is 0.383 e. The first-order valence-corrected chi connectivity index (χ1v) is 4.34. The van der Waals surface area contributed by atoms with Crippen LogP contribution in [0.25, 0.3) is 0 Å². The van der Waals surface area contributed by atoms with E-state index in [-0.39, 0.29) is 6.04 Å². The Bertz CT molecular complexity index is 286. The first-order valence-electron chi connectivity index (χ1n) is 4.34. The van der Waals surface area contributed by atoms with Crippen molar-refractivity contribution in [3.05, 3.63) is 29.1 Å². The van der Waals surface area contributed by atoms with Crippen LogP contribution in [0.4, 0.5) is 0 Å². The van der Waals surface area contributed by atoms with Crippen LogP contribution in [0.1, 0.15) is 23.0 Å². The highest BCUT2D eigenvalue weighted by Gasteiger charge is 2.08. The lowest BCUT2D eigenvalue weighted by Gasteiger charge is -2.13. The molecule has 1 atom stereocenters. The zero-order chi connectivity index (χ0) is 9.84. The van der Waals surface area contributed by atoms with Crippen LogP contribution in [0.15, 0.2) is 12.1 Å². The van der Waals surface area contributed by atoms with E-state index in [0.717, 1.165) is 17.0 Å². The third-order valence-electron chi connectivity index (χ3n) is 2.01. The van der Waals surface area contributed by atoms with E-state index in [9.17, 15) is 0 Å². The number of rotatable bonds is 3. The number of nitrogens with two attached hydrogens (primary N) is 1. The number of ether oxygens (including phenoxy) is 1. The molecule has 0 spiro atoms. The van der Waals surface area contributed by atoms with Crippen molar-refractivity contribution in [3.63, 3.8) is 0 Å². The van der Waals surface area contributed by atoms with Gasteiger partial charge >= 0.3 is 0 Å². The lowest BCUT2D eigenvalue weighted by molar-refractivity contribution is 0.180. The number of hydrogen-bond acceptors (Lipinski definition) is 3. The predicted octanol–water partition coefficient (Wildman–Crippen LogP) is 1.34. The Kier molecular flexibility index (Phi) is 3.39. The molecule has 72 valence electrons. The van der Waals surface area contributed by atoms with Crippen molar-refractivity contribution in [1.29, 1.82) is 0 Å². The van der Waals surface area contributed by atoms with E-state index in [0.29, 0.717) is 6.61 Å². The highest BCUT2D eigenvalue weighted by atomic mass is 16.5. The van der Waals surface area contributed by atoms with Crippen LogP contribution >= 0.6 is 0 Å². The zero-order valence-electron chi connectivity index (χ0n) is 8.37. The van der Waals surface area contributed by atoms with Gasteiger partial charge in [0.05, 0.1) is 12.6 Å². The summed E-state index contributed by atoms with van der Waals surface area (Å²) in [5.41, 5.74) is 8.96. The van der Waals surface area contributed by atoms with Gasteiger partial charge in [0.15, 0.2) is 0 Å². The molecule has 2 N–H and O–H groups in total. The number of methoxy groups -OCH3 is 1. The van der Waals surface area contributed by atoms with Gasteiger partial charge in [-0.05, 0) is 25.5 Å². The Labute approximate surface area is 78.9 Å². The van der Waals surface area contributed by atoms with Crippen molar-refractivity contribution in [2.75, 3.05) is 13.7 Å². The van der Waals surface area contributed by atoms with Crippen LogP contribution in [0.3, 0.4) is 0 Å². The summed E-state index contributed by atoms with van der Waals surface area (Å²) in [5, 5.41) is 0. The molecule has 0 aliphatic rings. The lowest BCUT2D eigenvalue weighted by Crippen LogP contribution is -2.17. The molecule has 0 radical (unpaired) electrons. The minimum atomic E-state index is -0.0712. The van der Waals surface area contributed by atoms with Gasteiger partial charge in [-0.15, -0.1) is 0 Å². The van der Waals surface area contributed by atoms with Gasteiger partial charge < -0.3 is 10.5 Å². The van der Waals surface area contributed by atoms with Crippen molar-refractivity contribution in [1.82, 2.24) is 4.98 Å². The average molecular weight is 180 g/mol. The molecule has 0 saturated carbocycles. The summed E-state index contributed by atoms with van der Waals surface area (Å²) in [6.07, 6.45) is 0. The van der Waals surface area contributed by atoms with Crippen molar-refractivity contribution in [3.8, 4) is 0 Å². The third kappa shape index (κ3) is 2.50. The summed E-state index contributed by atoms with van der Waals surface area (Å²) in [6, 6.07) is 3.91. The van der Waals surface area contributed by atoms with Crippen LogP contribution < -0.4 is 5.73 Å². The molecule has 0 aromatic carbocycles. The number of aryl methyl sites for hydroxylation is 2. The smallest absolute Gasteiger partial charge is 0.0656 e. The molecule has 13 heavy (non-hydrogen) atoms. The minimum Gasteiger partial charge on any atom is -0.383 e. The van der Waals surface area contributed by atoms with Crippen LogP contribution in [0.5, 0.6) is 0 Å². The van der Waals surface area contributed by atoms with Gasteiger partial charge in [-0.3, -0.25) is 4.98 Å². The monoisotopic (exact) mass is 180 g/mol. The Morgan fingerprint density at radius 1 is 1.46 bits per heavy atom. The quantitative estimate of drug-likeness (QED) is 0.763. The molecule has 1 aromatic heterocycles. The molecule has 3 heteroatoms. The number of pyridine rings is 1.